The zero-order valence-electron chi connectivity index (χ0n) is 13.4. The van der Waals surface area contributed by atoms with Gasteiger partial charge in [-0.2, -0.15) is 0 Å². The van der Waals surface area contributed by atoms with E-state index in [2.05, 4.69) is 6.58 Å². The van der Waals surface area contributed by atoms with E-state index >= 15 is 0 Å². The molecule has 0 heterocycles. The zero-order chi connectivity index (χ0) is 16.8. The van der Waals surface area contributed by atoms with Gasteiger partial charge < -0.3 is 4.90 Å². The van der Waals surface area contributed by atoms with Crippen LogP contribution in [0.1, 0.15) is 11.1 Å². The van der Waals surface area contributed by atoms with Crippen LogP contribution < -0.4 is 0 Å². The number of benzene rings is 2. The van der Waals surface area contributed by atoms with Crippen molar-refractivity contribution in [2.24, 2.45) is 0 Å². The second-order valence-electron chi connectivity index (χ2n) is 5.65. The van der Waals surface area contributed by atoms with Crippen molar-refractivity contribution in [1.29, 1.82) is 0 Å². The van der Waals surface area contributed by atoms with Crippen LogP contribution in [0.5, 0.6) is 0 Å². The zero-order valence-corrected chi connectivity index (χ0v) is 14.2. The summed E-state index contributed by atoms with van der Waals surface area (Å²) in [6.07, 6.45) is 1.88. The van der Waals surface area contributed by atoms with Gasteiger partial charge in [0.15, 0.2) is 5.78 Å². The van der Waals surface area contributed by atoms with Crippen LogP contribution in [0.25, 0.3) is 11.6 Å². The van der Waals surface area contributed by atoms with Gasteiger partial charge in [-0.25, -0.2) is 0 Å². The Morgan fingerprint density at radius 2 is 1.70 bits per heavy atom. The van der Waals surface area contributed by atoms with E-state index < -0.39 is 0 Å². The van der Waals surface area contributed by atoms with E-state index in [4.69, 9.17) is 11.6 Å². The molecule has 0 aliphatic rings. The number of ketones is 1. The number of nitrogens with zero attached hydrogens (tertiary/aromatic N) is 1. The molecule has 0 atom stereocenters. The topological polar surface area (TPSA) is 20.3 Å². The quantitative estimate of drug-likeness (QED) is 0.573. The van der Waals surface area contributed by atoms with Gasteiger partial charge in [-0.15, -0.1) is 0 Å². The number of halogens is 1. The fourth-order valence-corrected chi connectivity index (χ4v) is 2.39. The van der Waals surface area contributed by atoms with Crippen molar-refractivity contribution in [2.75, 3.05) is 20.6 Å². The maximum absolute atomic E-state index is 12.8. The standard InChI is InChI=1S/C20H20ClNO/c1-15(14-22(2)3)20(23)19(17-7-5-4-6-8-17)13-16-9-11-18(21)12-10-16/h4-13H,1,14H2,2-3H3/b19-13-. The Kier molecular flexibility index (Phi) is 5.91. The first kappa shape index (κ1) is 17.2. The van der Waals surface area contributed by atoms with Crippen molar-refractivity contribution in [3.8, 4) is 0 Å². The van der Waals surface area contributed by atoms with E-state index in [-0.39, 0.29) is 5.78 Å². The lowest BCUT2D eigenvalue weighted by atomic mass is 9.95. The molecule has 0 unspecified atom stereocenters. The minimum absolute atomic E-state index is 0.0418. The Balaban J connectivity index is 2.42. The monoisotopic (exact) mass is 325 g/mol. The van der Waals surface area contributed by atoms with E-state index in [1.165, 1.54) is 0 Å². The predicted octanol–water partition coefficient (Wildman–Crippen LogP) is 4.57. The molecule has 0 aliphatic heterocycles. The van der Waals surface area contributed by atoms with Gasteiger partial charge in [0.1, 0.15) is 0 Å². The van der Waals surface area contributed by atoms with Gasteiger partial charge in [0.2, 0.25) is 0 Å². The fourth-order valence-electron chi connectivity index (χ4n) is 2.27. The molecule has 23 heavy (non-hydrogen) atoms. The number of carbonyl (C=O) groups is 1. The van der Waals surface area contributed by atoms with Gasteiger partial charge in [0.05, 0.1) is 0 Å². The molecule has 0 spiro atoms. The van der Waals surface area contributed by atoms with Crippen molar-refractivity contribution >= 4 is 29.0 Å². The van der Waals surface area contributed by atoms with Gasteiger partial charge in [0.25, 0.3) is 0 Å². The summed E-state index contributed by atoms with van der Waals surface area (Å²) in [6.45, 7) is 4.48. The van der Waals surface area contributed by atoms with Gasteiger partial charge >= 0.3 is 0 Å². The SMILES string of the molecule is C=C(CN(C)C)C(=O)/C(=C\c1ccc(Cl)cc1)c1ccccc1. The number of carbonyl (C=O) groups excluding carboxylic acids is 1. The lowest BCUT2D eigenvalue weighted by molar-refractivity contribution is -0.110. The van der Waals surface area contributed by atoms with Crippen LogP contribution in [0.2, 0.25) is 5.02 Å². The van der Waals surface area contributed by atoms with Crippen molar-refractivity contribution in [3.05, 3.63) is 82.9 Å². The molecule has 0 radical (unpaired) electrons. The molecule has 0 aliphatic carbocycles. The van der Waals surface area contributed by atoms with Crippen molar-refractivity contribution in [3.63, 3.8) is 0 Å². The van der Waals surface area contributed by atoms with E-state index in [0.717, 1.165) is 11.1 Å². The summed E-state index contributed by atoms with van der Waals surface area (Å²) in [5, 5.41) is 0.673. The van der Waals surface area contributed by atoms with Gasteiger partial charge in [0, 0.05) is 22.7 Å². The van der Waals surface area contributed by atoms with E-state index in [0.29, 0.717) is 22.7 Å². The second kappa shape index (κ2) is 7.91. The first-order valence-electron chi connectivity index (χ1n) is 7.37. The lowest BCUT2D eigenvalue weighted by Crippen LogP contribution is -2.19. The van der Waals surface area contributed by atoms with Crippen molar-refractivity contribution < 1.29 is 4.79 Å². The molecule has 2 nitrogen and oxygen atoms in total. The third-order valence-electron chi connectivity index (χ3n) is 3.34. The summed E-state index contributed by atoms with van der Waals surface area (Å²) < 4.78 is 0. The molecular weight excluding hydrogens is 306 g/mol. The maximum Gasteiger partial charge on any atom is 0.190 e. The first-order chi connectivity index (χ1) is 11.0. The average molecular weight is 326 g/mol. The summed E-state index contributed by atoms with van der Waals surface area (Å²) in [5.74, 6) is -0.0418. The van der Waals surface area contributed by atoms with Crippen LogP contribution in [0.15, 0.2) is 66.7 Å². The summed E-state index contributed by atoms with van der Waals surface area (Å²) in [5.41, 5.74) is 3.02. The molecule has 3 heteroatoms. The Hall–Kier alpha value is -2.16. The van der Waals surface area contributed by atoms with Crippen LogP contribution in [0, 0.1) is 0 Å². The maximum atomic E-state index is 12.8. The predicted molar refractivity (Wildman–Crippen MR) is 98.5 cm³/mol. The minimum Gasteiger partial charge on any atom is -0.305 e. The van der Waals surface area contributed by atoms with Crippen molar-refractivity contribution in [2.45, 2.75) is 0 Å². The van der Waals surface area contributed by atoms with Crippen LogP contribution in [0.4, 0.5) is 0 Å². The molecule has 2 aromatic rings. The number of hydrogen-bond donors (Lipinski definition) is 0. The van der Waals surface area contributed by atoms with Crippen LogP contribution >= 0.6 is 11.6 Å². The summed E-state index contributed by atoms with van der Waals surface area (Å²) >= 11 is 5.93. The molecule has 0 bridgehead atoms. The highest BCUT2D eigenvalue weighted by molar-refractivity contribution is 6.32. The summed E-state index contributed by atoms with van der Waals surface area (Å²) in [7, 11) is 3.84. The molecule has 2 rings (SSSR count). The number of likely N-dealkylation sites (N-methyl/N-ethyl adjacent to an activating group) is 1. The average Bonchev–Trinajstić information content (AvgIpc) is 2.54. The normalized spacial score (nSPS) is 11.6. The first-order valence-corrected chi connectivity index (χ1v) is 7.75. The molecule has 0 amide bonds. The molecular formula is C20H20ClNO. The van der Waals surface area contributed by atoms with Crippen LogP contribution in [-0.4, -0.2) is 31.3 Å². The molecule has 0 fully saturated rings. The van der Waals surface area contributed by atoms with Gasteiger partial charge in [-0.1, -0.05) is 60.6 Å². The summed E-state index contributed by atoms with van der Waals surface area (Å²) in [6, 6.07) is 17.1. The highest BCUT2D eigenvalue weighted by Gasteiger charge is 2.16. The highest BCUT2D eigenvalue weighted by atomic mass is 35.5. The summed E-state index contributed by atoms with van der Waals surface area (Å²) in [4.78, 5) is 14.8. The molecule has 118 valence electrons. The molecule has 0 saturated carbocycles. The smallest absolute Gasteiger partial charge is 0.190 e. The lowest BCUT2D eigenvalue weighted by Gasteiger charge is -2.14. The Labute approximate surface area is 142 Å². The Morgan fingerprint density at radius 3 is 2.26 bits per heavy atom. The second-order valence-corrected chi connectivity index (χ2v) is 6.08. The number of allylic oxidation sites excluding steroid dienone is 1. The van der Waals surface area contributed by atoms with E-state index in [1.54, 1.807) is 0 Å². The number of Topliss-reactive ketones (excluding diaryl/α,β-unsaturated/α-hetero) is 1. The number of hydrogen-bond acceptors (Lipinski definition) is 2. The third-order valence-corrected chi connectivity index (χ3v) is 3.59. The molecule has 0 aromatic heterocycles. The Bertz CT molecular complexity index is 715. The fraction of sp³-hybridized carbons (Fsp3) is 0.150. The van der Waals surface area contributed by atoms with E-state index in [9.17, 15) is 4.79 Å². The molecule has 2 aromatic carbocycles. The number of rotatable bonds is 6. The van der Waals surface area contributed by atoms with Gasteiger partial charge in [-0.3, -0.25) is 4.79 Å². The molecule has 0 N–H and O–H groups in total. The highest BCUT2D eigenvalue weighted by Crippen LogP contribution is 2.23. The van der Waals surface area contributed by atoms with Gasteiger partial charge in [-0.05, 0) is 43.4 Å². The van der Waals surface area contributed by atoms with E-state index in [1.807, 2.05) is 79.7 Å². The van der Waals surface area contributed by atoms with Crippen LogP contribution in [-0.2, 0) is 4.79 Å². The minimum atomic E-state index is -0.0418. The Morgan fingerprint density at radius 1 is 1.09 bits per heavy atom. The van der Waals surface area contributed by atoms with Crippen molar-refractivity contribution in [1.82, 2.24) is 4.90 Å². The largest absolute Gasteiger partial charge is 0.305 e. The van der Waals surface area contributed by atoms with Crippen LogP contribution in [0.3, 0.4) is 0 Å². The molecule has 0 saturated heterocycles. The third kappa shape index (κ3) is 4.92.